The molecule has 0 spiro atoms. The van der Waals surface area contributed by atoms with Crippen molar-refractivity contribution >= 4 is 17.3 Å². The van der Waals surface area contributed by atoms with E-state index >= 15 is 0 Å². The van der Waals surface area contributed by atoms with Crippen molar-refractivity contribution in [1.29, 1.82) is 0 Å². The highest BCUT2D eigenvalue weighted by atomic mass is 16.6. The van der Waals surface area contributed by atoms with Crippen molar-refractivity contribution in [3.8, 4) is 5.69 Å². The Hall–Kier alpha value is -2.90. The minimum atomic E-state index is -0.759. The topological polar surface area (TPSA) is 101 Å². The number of aliphatic carboxylic acids is 1. The largest absolute Gasteiger partial charge is 0.481 e. The number of piperidine rings is 1. The van der Waals surface area contributed by atoms with Gasteiger partial charge in [0.2, 0.25) is 0 Å². The summed E-state index contributed by atoms with van der Waals surface area (Å²) < 4.78 is 1.46. The molecule has 0 radical (unpaired) electrons. The molecular weight excluding hydrogens is 300 g/mol. The smallest absolute Gasteiger partial charge is 0.306 e. The number of rotatable bonds is 4. The number of carbonyl (C=O) groups is 1. The van der Waals surface area contributed by atoms with Crippen LogP contribution in [0.5, 0.6) is 0 Å². The van der Waals surface area contributed by atoms with Crippen LogP contribution in [0.25, 0.3) is 5.69 Å². The lowest BCUT2D eigenvalue weighted by Gasteiger charge is -2.32. The molecule has 1 N–H and O–H groups in total. The molecule has 1 saturated heterocycles. The molecule has 1 aromatic carbocycles. The van der Waals surface area contributed by atoms with Gasteiger partial charge in [-0.05, 0) is 31.0 Å². The number of hydrogen-bond donors (Lipinski definition) is 1. The van der Waals surface area contributed by atoms with E-state index in [1.165, 1.54) is 10.7 Å². The first-order valence-electron chi connectivity index (χ1n) is 7.32. The average Bonchev–Trinajstić information content (AvgIpc) is 3.08. The van der Waals surface area contributed by atoms with Gasteiger partial charge in [0.15, 0.2) is 0 Å². The Morgan fingerprint density at radius 2 is 2.09 bits per heavy atom. The second-order valence-electron chi connectivity index (χ2n) is 5.48. The first kappa shape index (κ1) is 15.0. The van der Waals surface area contributed by atoms with Crippen molar-refractivity contribution < 1.29 is 14.8 Å². The highest BCUT2D eigenvalue weighted by Crippen LogP contribution is 2.30. The molecular formula is C15H16N4O4. The van der Waals surface area contributed by atoms with Crippen LogP contribution in [-0.4, -0.2) is 38.9 Å². The number of aromatic nitrogens is 2. The maximum atomic E-state index is 11.2. The minimum absolute atomic E-state index is 0.0159. The molecule has 23 heavy (non-hydrogen) atoms. The first-order valence-corrected chi connectivity index (χ1v) is 7.32. The summed E-state index contributed by atoms with van der Waals surface area (Å²) in [5.74, 6) is -1.07. The number of nitro benzene ring substituents is 1. The fourth-order valence-corrected chi connectivity index (χ4v) is 2.84. The number of hydrogen-bond acceptors (Lipinski definition) is 5. The quantitative estimate of drug-likeness (QED) is 0.684. The van der Waals surface area contributed by atoms with Gasteiger partial charge in [0, 0.05) is 37.2 Å². The Bertz CT molecular complexity index is 721. The third-order valence-electron chi connectivity index (χ3n) is 4.12. The molecule has 0 unspecified atom stereocenters. The second kappa shape index (κ2) is 6.07. The van der Waals surface area contributed by atoms with E-state index < -0.39 is 10.9 Å². The van der Waals surface area contributed by atoms with Crippen LogP contribution in [0.1, 0.15) is 12.8 Å². The highest BCUT2D eigenvalue weighted by Gasteiger charge is 2.26. The van der Waals surface area contributed by atoms with Gasteiger partial charge in [-0.2, -0.15) is 5.10 Å². The second-order valence-corrected chi connectivity index (χ2v) is 5.48. The van der Waals surface area contributed by atoms with Gasteiger partial charge in [-0.1, -0.05) is 0 Å². The Labute approximate surface area is 132 Å². The SMILES string of the molecule is O=C(O)C1CCN(c2ccc([N+](=O)[O-])c(-n3cccn3)c2)CC1. The van der Waals surface area contributed by atoms with Gasteiger partial charge >= 0.3 is 5.97 Å². The first-order chi connectivity index (χ1) is 11.1. The zero-order chi connectivity index (χ0) is 16.4. The Morgan fingerprint density at radius 3 is 2.65 bits per heavy atom. The fourth-order valence-electron chi connectivity index (χ4n) is 2.84. The van der Waals surface area contributed by atoms with Crippen LogP contribution in [0, 0.1) is 16.0 Å². The maximum absolute atomic E-state index is 11.2. The van der Waals surface area contributed by atoms with Crippen LogP contribution >= 0.6 is 0 Å². The molecule has 2 aromatic rings. The summed E-state index contributed by atoms with van der Waals surface area (Å²) in [4.78, 5) is 23.8. The lowest BCUT2D eigenvalue weighted by Crippen LogP contribution is -2.36. The van der Waals surface area contributed by atoms with E-state index in [2.05, 4.69) is 10.00 Å². The zero-order valence-electron chi connectivity index (χ0n) is 12.3. The van der Waals surface area contributed by atoms with Crippen LogP contribution in [0.15, 0.2) is 36.7 Å². The average molecular weight is 316 g/mol. The van der Waals surface area contributed by atoms with Crippen molar-refractivity contribution in [2.45, 2.75) is 12.8 Å². The van der Waals surface area contributed by atoms with E-state index in [1.54, 1.807) is 30.6 Å². The van der Waals surface area contributed by atoms with E-state index in [9.17, 15) is 14.9 Å². The van der Waals surface area contributed by atoms with Crippen molar-refractivity contribution in [3.05, 3.63) is 46.8 Å². The predicted molar refractivity (Wildman–Crippen MR) is 82.8 cm³/mol. The number of carboxylic acids is 1. The van der Waals surface area contributed by atoms with Crippen molar-refractivity contribution in [2.24, 2.45) is 5.92 Å². The highest BCUT2D eigenvalue weighted by molar-refractivity contribution is 5.70. The summed E-state index contributed by atoms with van der Waals surface area (Å²) in [6.45, 7) is 1.24. The van der Waals surface area contributed by atoms with Crippen LogP contribution in [-0.2, 0) is 4.79 Å². The van der Waals surface area contributed by atoms with Gasteiger partial charge < -0.3 is 10.0 Å². The van der Waals surface area contributed by atoms with Gasteiger partial charge in [0.1, 0.15) is 5.69 Å². The third kappa shape index (κ3) is 3.01. The molecule has 0 atom stereocenters. The van der Waals surface area contributed by atoms with Gasteiger partial charge in [-0.3, -0.25) is 14.9 Å². The van der Waals surface area contributed by atoms with Gasteiger partial charge in [0.25, 0.3) is 5.69 Å². The normalized spacial score (nSPS) is 15.6. The molecule has 1 aliphatic rings. The standard InChI is InChI=1S/C15H16N4O4/c20-15(21)11-4-8-17(9-5-11)12-2-3-13(19(22)23)14(10-12)18-7-1-6-16-18/h1-3,6-7,10-11H,4-5,8-9H2,(H,20,21). The van der Waals surface area contributed by atoms with Gasteiger partial charge in [-0.25, -0.2) is 4.68 Å². The predicted octanol–water partition coefficient (Wildman–Crippen LogP) is 2.08. The third-order valence-corrected chi connectivity index (χ3v) is 4.12. The van der Waals surface area contributed by atoms with E-state index in [0.29, 0.717) is 31.6 Å². The summed E-state index contributed by atoms with van der Waals surface area (Å²) in [7, 11) is 0. The van der Waals surface area contributed by atoms with Gasteiger partial charge in [-0.15, -0.1) is 0 Å². The zero-order valence-corrected chi connectivity index (χ0v) is 12.3. The fraction of sp³-hybridized carbons (Fsp3) is 0.333. The molecule has 3 rings (SSSR count). The number of carboxylic acid groups (broad SMARTS) is 1. The Balaban J connectivity index is 1.89. The van der Waals surface area contributed by atoms with Crippen molar-refractivity contribution in [3.63, 3.8) is 0 Å². The molecule has 8 heteroatoms. The molecule has 8 nitrogen and oxygen atoms in total. The molecule has 0 amide bonds. The summed E-state index contributed by atoms with van der Waals surface area (Å²) in [5, 5.41) is 24.3. The van der Waals surface area contributed by atoms with Crippen LogP contribution in [0.2, 0.25) is 0 Å². The van der Waals surface area contributed by atoms with Gasteiger partial charge in [0.05, 0.1) is 10.8 Å². The number of anilines is 1. The molecule has 2 heterocycles. The van der Waals surface area contributed by atoms with E-state index in [4.69, 9.17) is 5.11 Å². The minimum Gasteiger partial charge on any atom is -0.481 e. The van der Waals surface area contributed by atoms with E-state index in [-0.39, 0.29) is 11.6 Å². The monoisotopic (exact) mass is 316 g/mol. The number of nitro groups is 1. The van der Waals surface area contributed by atoms with Crippen LogP contribution in [0.4, 0.5) is 11.4 Å². The number of benzene rings is 1. The molecule has 0 bridgehead atoms. The molecule has 1 fully saturated rings. The summed E-state index contributed by atoms with van der Waals surface area (Å²) >= 11 is 0. The lowest BCUT2D eigenvalue weighted by molar-refractivity contribution is -0.384. The molecule has 1 aliphatic heterocycles. The summed E-state index contributed by atoms with van der Waals surface area (Å²) in [6.07, 6.45) is 4.37. The molecule has 0 aliphatic carbocycles. The van der Waals surface area contributed by atoms with Crippen molar-refractivity contribution in [2.75, 3.05) is 18.0 Å². The maximum Gasteiger partial charge on any atom is 0.306 e. The Kier molecular flexibility index (Phi) is 3.96. The van der Waals surface area contributed by atoms with Crippen LogP contribution < -0.4 is 4.90 Å². The Morgan fingerprint density at radius 1 is 1.35 bits per heavy atom. The van der Waals surface area contributed by atoms with E-state index in [1.807, 2.05) is 0 Å². The van der Waals surface area contributed by atoms with Crippen molar-refractivity contribution in [1.82, 2.24) is 9.78 Å². The van der Waals surface area contributed by atoms with E-state index in [0.717, 1.165) is 5.69 Å². The molecule has 0 saturated carbocycles. The molecule has 1 aromatic heterocycles. The summed E-state index contributed by atoms with van der Waals surface area (Å²) in [5.41, 5.74) is 1.22. The molecule has 120 valence electrons. The summed E-state index contributed by atoms with van der Waals surface area (Å²) in [6, 6.07) is 6.60. The number of nitrogens with zero attached hydrogens (tertiary/aromatic N) is 4. The van der Waals surface area contributed by atoms with Crippen LogP contribution in [0.3, 0.4) is 0 Å². The lowest BCUT2D eigenvalue weighted by atomic mass is 9.96.